The van der Waals surface area contributed by atoms with Gasteiger partial charge in [-0.05, 0) is 31.7 Å². The van der Waals surface area contributed by atoms with Crippen LogP contribution in [0.5, 0.6) is 0 Å². The Morgan fingerprint density at radius 3 is 3.00 bits per heavy atom. The monoisotopic (exact) mass is 262 g/mol. The summed E-state index contributed by atoms with van der Waals surface area (Å²) in [5.74, 6) is 0.537. The number of hydrogen-bond acceptors (Lipinski definition) is 4. The van der Waals surface area contributed by atoms with Crippen LogP contribution in [0.1, 0.15) is 18.9 Å². The molecule has 1 heterocycles. The van der Waals surface area contributed by atoms with Crippen LogP contribution in [0.2, 0.25) is 0 Å². The third kappa shape index (κ3) is 2.80. The Morgan fingerprint density at radius 1 is 1.56 bits per heavy atom. The van der Waals surface area contributed by atoms with Crippen LogP contribution in [-0.4, -0.2) is 25.5 Å². The van der Waals surface area contributed by atoms with Gasteiger partial charge in [-0.25, -0.2) is 0 Å². The number of nitrogens with one attached hydrogen (secondary N) is 1. The van der Waals surface area contributed by atoms with Crippen LogP contribution in [0.3, 0.4) is 0 Å². The largest absolute Gasteiger partial charge is 0.381 e. The molecule has 2 rings (SSSR count). The molecule has 1 aromatic carbocycles. The predicted octanol–water partition coefficient (Wildman–Crippen LogP) is 3.12. The van der Waals surface area contributed by atoms with Gasteiger partial charge in [-0.1, -0.05) is 6.07 Å². The van der Waals surface area contributed by atoms with Gasteiger partial charge >= 0.3 is 0 Å². The van der Waals surface area contributed by atoms with Crippen LogP contribution in [0.15, 0.2) is 23.1 Å². The zero-order chi connectivity index (χ0) is 13.0. The number of ether oxygens (including phenoxy) is 1. The molecule has 3 nitrogen and oxygen atoms in total. The summed E-state index contributed by atoms with van der Waals surface area (Å²) in [6, 6.07) is 8.58. The first-order valence-electron chi connectivity index (χ1n) is 6.17. The highest BCUT2D eigenvalue weighted by Gasteiger charge is 2.23. The Morgan fingerprint density at radius 2 is 2.39 bits per heavy atom. The lowest BCUT2D eigenvalue weighted by Crippen LogP contribution is -2.26. The highest BCUT2D eigenvalue weighted by Crippen LogP contribution is 2.28. The third-order valence-corrected chi connectivity index (χ3v) is 4.19. The summed E-state index contributed by atoms with van der Waals surface area (Å²) in [4.78, 5) is 1.03. The molecule has 1 aliphatic heterocycles. The van der Waals surface area contributed by atoms with E-state index in [2.05, 4.69) is 18.3 Å². The van der Waals surface area contributed by atoms with Crippen molar-refractivity contribution >= 4 is 17.4 Å². The van der Waals surface area contributed by atoms with E-state index in [0.717, 1.165) is 35.8 Å². The molecule has 18 heavy (non-hydrogen) atoms. The molecule has 2 unspecified atom stereocenters. The van der Waals surface area contributed by atoms with Gasteiger partial charge in [0.1, 0.15) is 6.07 Å². The second-order valence-corrected chi connectivity index (χ2v) is 5.40. The number of anilines is 1. The third-order valence-electron chi connectivity index (χ3n) is 3.41. The second-order valence-electron chi connectivity index (χ2n) is 4.55. The van der Waals surface area contributed by atoms with Crippen molar-refractivity contribution in [3.8, 4) is 6.07 Å². The molecule has 0 bridgehead atoms. The molecule has 4 heteroatoms. The quantitative estimate of drug-likeness (QED) is 0.847. The molecule has 0 saturated carbocycles. The fourth-order valence-corrected chi connectivity index (χ4v) is 2.82. The topological polar surface area (TPSA) is 45.0 Å². The standard InChI is InChI=1S/C14H18N2OS/c1-10(11-6-7-17-9-11)16-13-4-3-5-14(18-2)12(13)8-15/h3-5,10-11,16H,6-7,9H2,1-2H3. The minimum absolute atomic E-state index is 0.330. The summed E-state index contributed by atoms with van der Waals surface area (Å²) in [6.07, 6.45) is 3.09. The molecule has 96 valence electrons. The van der Waals surface area contributed by atoms with Gasteiger partial charge in [0.2, 0.25) is 0 Å². The molecule has 1 aliphatic rings. The Kier molecular flexibility index (Phi) is 4.51. The molecule has 1 N–H and O–H groups in total. The van der Waals surface area contributed by atoms with Crippen LogP contribution in [0, 0.1) is 17.2 Å². The molecule has 0 radical (unpaired) electrons. The summed E-state index contributed by atoms with van der Waals surface area (Å²) in [5.41, 5.74) is 1.68. The van der Waals surface area contributed by atoms with Gasteiger partial charge in [-0.15, -0.1) is 11.8 Å². The average Bonchev–Trinajstić information content (AvgIpc) is 2.92. The number of nitrogens with zero attached hydrogens (tertiary/aromatic N) is 1. The van der Waals surface area contributed by atoms with Gasteiger partial charge in [0.15, 0.2) is 0 Å². The smallest absolute Gasteiger partial charge is 0.102 e. The fourth-order valence-electron chi connectivity index (χ4n) is 2.25. The Bertz CT molecular complexity index is 450. The first kappa shape index (κ1) is 13.3. The van der Waals surface area contributed by atoms with E-state index in [1.807, 2.05) is 24.5 Å². The number of rotatable bonds is 4. The molecule has 0 aromatic heterocycles. The number of benzene rings is 1. The average molecular weight is 262 g/mol. The number of nitriles is 1. The molecule has 1 aromatic rings. The van der Waals surface area contributed by atoms with Crippen molar-refractivity contribution in [2.24, 2.45) is 5.92 Å². The Balaban J connectivity index is 2.15. The SMILES string of the molecule is CSc1cccc(NC(C)C2CCOC2)c1C#N. The normalized spacial score (nSPS) is 20.4. The highest BCUT2D eigenvalue weighted by molar-refractivity contribution is 7.98. The Hall–Kier alpha value is -1.18. The summed E-state index contributed by atoms with van der Waals surface area (Å²) >= 11 is 1.61. The van der Waals surface area contributed by atoms with Crippen molar-refractivity contribution in [3.63, 3.8) is 0 Å². The van der Waals surface area contributed by atoms with Crippen molar-refractivity contribution in [3.05, 3.63) is 23.8 Å². The number of hydrogen-bond donors (Lipinski definition) is 1. The molecule has 1 saturated heterocycles. The maximum atomic E-state index is 9.28. The fraction of sp³-hybridized carbons (Fsp3) is 0.500. The summed E-state index contributed by atoms with van der Waals surface area (Å²) in [6.45, 7) is 3.83. The van der Waals surface area contributed by atoms with E-state index in [-0.39, 0.29) is 0 Å². The van der Waals surface area contributed by atoms with E-state index in [9.17, 15) is 5.26 Å². The van der Waals surface area contributed by atoms with Crippen LogP contribution in [-0.2, 0) is 4.74 Å². The second kappa shape index (κ2) is 6.12. The van der Waals surface area contributed by atoms with Crippen molar-refractivity contribution in [1.29, 1.82) is 5.26 Å². The first-order chi connectivity index (χ1) is 8.76. The Labute approximate surface area is 113 Å². The van der Waals surface area contributed by atoms with Crippen LogP contribution in [0.25, 0.3) is 0 Å². The van der Waals surface area contributed by atoms with Crippen LogP contribution < -0.4 is 5.32 Å². The molecule has 0 amide bonds. The van der Waals surface area contributed by atoms with Gasteiger partial charge in [-0.3, -0.25) is 0 Å². The van der Waals surface area contributed by atoms with Gasteiger partial charge in [0.25, 0.3) is 0 Å². The van der Waals surface area contributed by atoms with Gasteiger partial charge in [0, 0.05) is 23.5 Å². The van der Waals surface area contributed by atoms with E-state index in [4.69, 9.17) is 4.74 Å². The van der Waals surface area contributed by atoms with Crippen molar-refractivity contribution in [1.82, 2.24) is 0 Å². The predicted molar refractivity (Wildman–Crippen MR) is 74.9 cm³/mol. The van der Waals surface area contributed by atoms with E-state index in [0.29, 0.717) is 12.0 Å². The first-order valence-corrected chi connectivity index (χ1v) is 7.40. The summed E-state index contributed by atoms with van der Waals surface area (Å²) in [5, 5.41) is 12.7. The van der Waals surface area contributed by atoms with Gasteiger partial charge in [0.05, 0.1) is 17.9 Å². The van der Waals surface area contributed by atoms with E-state index < -0.39 is 0 Å². The molecular formula is C14H18N2OS. The molecule has 0 aliphatic carbocycles. The van der Waals surface area contributed by atoms with Crippen molar-refractivity contribution in [2.75, 3.05) is 24.8 Å². The lowest BCUT2D eigenvalue weighted by molar-refractivity contribution is 0.183. The van der Waals surface area contributed by atoms with Crippen molar-refractivity contribution < 1.29 is 4.74 Å². The molecule has 1 fully saturated rings. The van der Waals surface area contributed by atoms with E-state index in [1.165, 1.54) is 0 Å². The highest BCUT2D eigenvalue weighted by atomic mass is 32.2. The van der Waals surface area contributed by atoms with Gasteiger partial charge in [-0.2, -0.15) is 5.26 Å². The maximum absolute atomic E-state index is 9.28. The van der Waals surface area contributed by atoms with Gasteiger partial charge < -0.3 is 10.1 Å². The lowest BCUT2D eigenvalue weighted by atomic mass is 10.00. The molecular weight excluding hydrogens is 244 g/mol. The van der Waals surface area contributed by atoms with E-state index >= 15 is 0 Å². The zero-order valence-corrected chi connectivity index (χ0v) is 11.6. The maximum Gasteiger partial charge on any atom is 0.102 e. The zero-order valence-electron chi connectivity index (χ0n) is 10.8. The number of thioether (sulfide) groups is 1. The molecule has 0 spiro atoms. The lowest BCUT2D eigenvalue weighted by Gasteiger charge is -2.21. The molecule has 2 atom stereocenters. The summed E-state index contributed by atoms with van der Waals surface area (Å²) < 4.78 is 5.41. The van der Waals surface area contributed by atoms with E-state index in [1.54, 1.807) is 11.8 Å². The summed E-state index contributed by atoms with van der Waals surface area (Å²) in [7, 11) is 0. The van der Waals surface area contributed by atoms with Crippen LogP contribution >= 0.6 is 11.8 Å². The minimum Gasteiger partial charge on any atom is -0.381 e. The van der Waals surface area contributed by atoms with Crippen LogP contribution in [0.4, 0.5) is 5.69 Å². The van der Waals surface area contributed by atoms with Crippen molar-refractivity contribution in [2.45, 2.75) is 24.3 Å². The minimum atomic E-state index is 0.330.